The van der Waals surface area contributed by atoms with Crippen LogP contribution in [0.25, 0.3) is 0 Å². The van der Waals surface area contributed by atoms with Crippen molar-refractivity contribution in [1.29, 1.82) is 0 Å². The zero-order valence-corrected chi connectivity index (χ0v) is 9.25. The van der Waals surface area contributed by atoms with Crippen molar-refractivity contribution in [3.63, 3.8) is 0 Å². The van der Waals surface area contributed by atoms with Crippen molar-refractivity contribution >= 4 is 5.91 Å². The van der Waals surface area contributed by atoms with E-state index in [1.54, 1.807) is 6.20 Å². The van der Waals surface area contributed by atoms with Gasteiger partial charge in [-0.05, 0) is 25.2 Å². The number of nitrogens with zero attached hydrogens (tertiary/aromatic N) is 4. The largest absolute Gasteiger partial charge is 0.340 e. The molecule has 2 aliphatic rings. The summed E-state index contributed by atoms with van der Waals surface area (Å²) in [5.74, 6) is 1.00. The van der Waals surface area contributed by atoms with E-state index in [0.29, 0.717) is 17.9 Å². The Hall–Kier alpha value is -1.39. The maximum Gasteiger partial charge on any atom is 0.222 e. The molecule has 5 heteroatoms. The summed E-state index contributed by atoms with van der Waals surface area (Å²) in [6, 6.07) is 0.325. The molecule has 5 nitrogen and oxygen atoms in total. The Morgan fingerprint density at radius 1 is 1.38 bits per heavy atom. The lowest BCUT2D eigenvalue weighted by Gasteiger charge is -2.16. The number of aromatic nitrogens is 3. The van der Waals surface area contributed by atoms with Gasteiger partial charge in [0, 0.05) is 25.7 Å². The van der Waals surface area contributed by atoms with E-state index in [4.69, 9.17) is 0 Å². The predicted molar refractivity (Wildman–Crippen MR) is 57.6 cm³/mol. The Balaban J connectivity index is 1.57. The second-order valence-corrected chi connectivity index (χ2v) is 4.81. The van der Waals surface area contributed by atoms with Crippen LogP contribution in [0, 0.1) is 5.92 Å². The summed E-state index contributed by atoms with van der Waals surface area (Å²) in [5, 5.41) is 7.80. The fourth-order valence-corrected chi connectivity index (χ4v) is 2.29. The number of hydrogen-bond acceptors (Lipinski definition) is 3. The average Bonchev–Trinajstić information content (AvgIpc) is 2.84. The molecule has 0 aromatic carbocycles. The van der Waals surface area contributed by atoms with Gasteiger partial charge >= 0.3 is 0 Å². The Labute approximate surface area is 94.4 Å². The third kappa shape index (κ3) is 1.94. The quantitative estimate of drug-likeness (QED) is 0.759. The van der Waals surface area contributed by atoms with Gasteiger partial charge in [-0.15, -0.1) is 5.10 Å². The van der Waals surface area contributed by atoms with Gasteiger partial charge in [0.05, 0.1) is 12.2 Å². The second kappa shape index (κ2) is 3.88. The van der Waals surface area contributed by atoms with Gasteiger partial charge in [-0.3, -0.25) is 4.79 Å². The van der Waals surface area contributed by atoms with Crippen LogP contribution in [0.2, 0.25) is 0 Å². The zero-order chi connectivity index (χ0) is 11.0. The Morgan fingerprint density at radius 2 is 2.25 bits per heavy atom. The average molecular weight is 220 g/mol. The first kappa shape index (κ1) is 9.81. The number of carbonyl (C=O) groups excluding carboxylic acids is 1. The van der Waals surface area contributed by atoms with E-state index in [-0.39, 0.29) is 0 Å². The smallest absolute Gasteiger partial charge is 0.222 e. The highest BCUT2D eigenvalue weighted by Gasteiger charge is 2.31. The molecule has 2 heterocycles. The predicted octanol–water partition coefficient (Wildman–Crippen LogP) is 0.852. The molecule has 0 radical (unpaired) electrons. The minimum atomic E-state index is 0.324. The molecule has 1 aromatic heterocycles. The summed E-state index contributed by atoms with van der Waals surface area (Å²) in [7, 11) is 0. The van der Waals surface area contributed by atoms with Crippen molar-refractivity contribution in [2.24, 2.45) is 5.92 Å². The topological polar surface area (TPSA) is 51.0 Å². The molecule has 0 N–H and O–H groups in total. The number of amides is 1. The van der Waals surface area contributed by atoms with Gasteiger partial charge in [0.25, 0.3) is 0 Å². The van der Waals surface area contributed by atoms with E-state index in [0.717, 1.165) is 25.9 Å². The molecule has 3 rings (SSSR count). The van der Waals surface area contributed by atoms with Crippen molar-refractivity contribution in [2.45, 2.75) is 31.7 Å². The van der Waals surface area contributed by atoms with Crippen LogP contribution >= 0.6 is 0 Å². The Bertz CT molecular complexity index is 371. The summed E-state index contributed by atoms with van der Waals surface area (Å²) < 4.78 is 1.87. The van der Waals surface area contributed by atoms with Crippen molar-refractivity contribution in [3.8, 4) is 0 Å². The lowest BCUT2D eigenvalue weighted by Crippen LogP contribution is -2.29. The van der Waals surface area contributed by atoms with E-state index in [1.165, 1.54) is 12.8 Å². The zero-order valence-electron chi connectivity index (χ0n) is 9.25. The van der Waals surface area contributed by atoms with Gasteiger partial charge in [0.1, 0.15) is 0 Å². The van der Waals surface area contributed by atoms with E-state index in [1.807, 2.05) is 15.8 Å². The molecule has 2 fully saturated rings. The van der Waals surface area contributed by atoms with E-state index in [2.05, 4.69) is 10.3 Å². The molecule has 1 unspecified atom stereocenters. The highest BCUT2D eigenvalue weighted by molar-refractivity contribution is 5.77. The van der Waals surface area contributed by atoms with Crippen LogP contribution < -0.4 is 0 Å². The maximum atomic E-state index is 11.9. The van der Waals surface area contributed by atoms with Gasteiger partial charge in [-0.2, -0.15) is 0 Å². The van der Waals surface area contributed by atoms with Gasteiger partial charge < -0.3 is 4.90 Å². The van der Waals surface area contributed by atoms with E-state index >= 15 is 0 Å². The Morgan fingerprint density at radius 3 is 2.94 bits per heavy atom. The number of rotatable bonds is 3. The molecule has 1 aliphatic heterocycles. The molecule has 86 valence electrons. The second-order valence-electron chi connectivity index (χ2n) is 4.81. The van der Waals surface area contributed by atoms with Crippen molar-refractivity contribution < 1.29 is 4.79 Å². The van der Waals surface area contributed by atoms with Crippen molar-refractivity contribution in [1.82, 2.24) is 19.9 Å². The number of carbonyl (C=O) groups is 1. The third-order valence-electron chi connectivity index (χ3n) is 3.49. The molecule has 0 spiro atoms. The summed E-state index contributed by atoms with van der Waals surface area (Å²) >= 11 is 0. The first-order valence-corrected chi connectivity index (χ1v) is 5.96. The third-order valence-corrected chi connectivity index (χ3v) is 3.49. The van der Waals surface area contributed by atoms with Crippen LogP contribution in [-0.4, -0.2) is 38.9 Å². The van der Waals surface area contributed by atoms with Crippen LogP contribution in [0.1, 0.15) is 31.7 Å². The molecule has 1 aliphatic carbocycles. The summed E-state index contributed by atoms with van der Waals surface area (Å²) in [4.78, 5) is 13.9. The Kier molecular flexibility index (Phi) is 2.38. The molecular weight excluding hydrogens is 204 g/mol. The SMILES string of the molecule is O=C(CC1CC1)N1CCC(n2ccnn2)C1. The summed E-state index contributed by atoms with van der Waals surface area (Å²) in [5.41, 5.74) is 0. The fraction of sp³-hybridized carbons (Fsp3) is 0.727. The fourth-order valence-electron chi connectivity index (χ4n) is 2.29. The first-order chi connectivity index (χ1) is 7.83. The highest BCUT2D eigenvalue weighted by Crippen LogP contribution is 2.33. The monoisotopic (exact) mass is 220 g/mol. The van der Waals surface area contributed by atoms with E-state index < -0.39 is 0 Å². The van der Waals surface area contributed by atoms with Crippen LogP contribution in [0.5, 0.6) is 0 Å². The van der Waals surface area contributed by atoms with Crippen molar-refractivity contribution in [2.75, 3.05) is 13.1 Å². The number of likely N-dealkylation sites (tertiary alicyclic amines) is 1. The highest BCUT2D eigenvalue weighted by atomic mass is 16.2. The van der Waals surface area contributed by atoms with Gasteiger partial charge in [-0.1, -0.05) is 5.21 Å². The van der Waals surface area contributed by atoms with Crippen LogP contribution in [0.15, 0.2) is 12.4 Å². The summed E-state index contributed by atoms with van der Waals surface area (Å²) in [6.45, 7) is 1.67. The van der Waals surface area contributed by atoms with Crippen LogP contribution in [-0.2, 0) is 4.79 Å². The standard InChI is InChI=1S/C11H16N4O/c16-11(7-9-1-2-9)14-5-3-10(8-14)15-6-4-12-13-15/h4,6,9-10H,1-3,5,7-8H2. The summed E-state index contributed by atoms with van der Waals surface area (Å²) in [6.07, 6.45) is 7.80. The first-order valence-electron chi connectivity index (χ1n) is 5.96. The minimum absolute atomic E-state index is 0.324. The van der Waals surface area contributed by atoms with Gasteiger partial charge in [0.15, 0.2) is 0 Å². The molecule has 1 aromatic rings. The maximum absolute atomic E-state index is 11.9. The van der Waals surface area contributed by atoms with Crippen LogP contribution in [0.3, 0.4) is 0 Å². The lowest BCUT2D eigenvalue weighted by atomic mass is 10.2. The van der Waals surface area contributed by atoms with Crippen molar-refractivity contribution in [3.05, 3.63) is 12.4 Å². The van der Waals surface area contributed by atoms with E-state index in [9.17, 15) is 4.79 Å². The molecule has 1 amide bonds. The van der Waals surface area contributed by atoms with Crippen LogP contribution in [0.4, 0.5) is 0 Å². The van der Waals surface area contributed by atoms with Gasteiger partial charge in [0.2, 0.25) is 5.91 Å². The molecule has 1 atom stereocenters. The minimum Gasteiger partial charge on any atom is -0.340 e. The molecule has 1 saturated carbocycles. The molecular formula is C11H16N4O. The molecule has 0 bridgehead atoms. The number of hydrogen-bond donors (Lipinski definition) is 0. The normalized spacial score (nSPS) is 25.0. The van der Waals surface area contributed by atoms with Gasteiger partial charge in [-0.25, -0.2) is 4.68 Å². The lowest BCUT2D eigenvalue weighted by molar-refractivity contribution is -0.130. The molecule has 1 saturated heterocycles. The molecule has 16 heavy (non-hydrogen) atoms.